The zero-order valence-corrected chi connectivity index (χ0v) is 14.5. The molecular formula is C15H26N2O3S. The number of nitrogens with one attached hydrogen (secondary N) is 2. The zero-order valence-electron chi connectivity index (χ0n) is 13.6. The van der Waals surface area contributed by atoms with E-state index in [1.165, 1.54) is 7.11 Å². The molecule has 0 heterocycles. The van der Waals surface area contributed by atoms with Crippen molar-refractivity contribution < 1.29 is 13.2 Å². The van der Waals surface area contributed by atoms with Gasteiger partial charge in [0.05, 0.1) is 7.11 Å². The average Bonchev–Trinajstić information content (AvgIpc) is 2.37. The average molecular weight is 314 g/mol. The predicted molar refractivity (Wildman–Crippen MR) is 85.0 cm³/mol. The van der Waals surface area contributed by atoms with E-state index < -0.39 is 10.0 Å². The van der Waals surface area contributed by atoms with Gasteiger partial charge < -0.3 is 10.1 Å². The number of hydrogen-bond donors (Lipinski definition) is 2. The third kappa shape index (κ3) is 4.69. The Kier molecular flexibility index (Phi) is 5.78. The topological polar surface area (TPSA) is 67.4 Å². The Morgan fingerprint density at radius 2 is 1.90 bits per heavy atom. The molecule has 21 heavy (non-hydrogen) atoms. The fraction of sp³-hybridized carbons (Fsp3) is 0.600. The van der Waals surface area contributed by atoms with Crippen LogP contribution in [0.1, 0.15) is 33.3 Å². The fourth-order valence-corrected chi connectivity index (χ4v) is 3.32. The van der Waals surface area contributed by atoms with Crippen molar-refractivity contribution in [1.82, 2.24) is 10.0 Å². The predicted octanol–water partition coefficient (Wildman–Crippen LogP) is 2.13. The van der Waals surface area contributed by atoms with E-state index in [0.29, 0.717) is 12.3 Å². The van der Waals surface area contributed by atoms with Crippen molar-refractivity contribution in [2.75, 3.05) is 14.2 Å². The standard InChI is InChI=1S/C15H26N2O3S/c1-11(15(2,3)4)17-21(18,19)14-8-7-12(10-16-5)9-13(14)20-6/h7-9,11,16-17H,10H2,1-6H3. The van der Waals surface area contributed by atoms with Gasteiger partial charge in [0.2, 0.25) is 10.0 Å². The summed E-state index contributed by atoms with van der Waals surface area (Å²) in [4.78, 5) is 0.168. The molecule has 120 valence electrons. The maximum absolute atomic E-state index is 12.5. The van der Waals surface area contributed by atoms with Gasteiger partial charge in [-0.2, -0.15) is 0 Å². The second-order valence-electron chi connectivity index (χ2n) is 6.22. The van der Waals surface area contributed by atoms with Crippen molar-refractivity contribution in [1.29, 1.82) is 0 Å². The summed E-state index contributed by atoms with van der Waals surface area (Å²) in [6.45, 7) is 8.50. The van der Waals surface area contributed by atoms with Crippen molar-refractivity contribution in [3.8, 4) is 5.75 Å². The molecule has 6 heteroatoms. The molecule has 0 aliphatic carbocycles. The molecule has 0 aliphatic rings. The van der Waals surface area contributed by atoms with Gasteiger partial charge in [0.25, 0.3) is 0 Å². The minimum Gasteiger partial charge on any atom is -0.495 e. The third-order valence-electron chi connectivity index (χ3n) is 3.53. The quantitative estimate of drug-likeness (QED) is 0.844. The van der Waals surface area contributed by atoms with Crippen LogP contribution in [0, 0.1) is 5.41 Å². The van der Waals surface area contributed by atoms with Crippen molar-refractivity contribution >= 4 is 10.0 Å². The Labute approximate surface area is 128 Å². The van der Waals surface area contributed by atoms with E-state index in [9.17, 15) is 8.42 Å². The largest absolute Gasteiger partial charge is 0.495 e. The van der Waals surface area contributed by atoms with Crippen LogP contribution in [0.3, 0.4) is 0 Å². The summed E-state index contributed by atoms with van der Waals surface area (Å²) >= 11 is 0. The number of ether oxygens (including phenoxy) is 1. The van der Waals surface area contributed by atoms with Crippen LogP contribution in [-0.2, 0) is 16.6 Å². The number of sulfonamides is 1. The first-order chi connectivity index (χ1) is 9.61. The lowest BCUT2D eigenvalue weighted by molar-refractivity contribution is 0.317. The van der Waals surface area contributed by atoms with Gasteiger partial charge in [-0.25, -0.2) is 13.1 Å². The first-order valence-electron chi connectivity index (χ1n) is 6.95. The van der Waals surface area contributed by atoms with Crippen LogP contribution in [-0.4, -0.2) is 28.6 Å². The molecule has 0 fully saturated rings. The summed E-state index contributed by atoms with van der Waals surface area (Å²) in [5, 5.41) is 3.02. The lowest BCUT2D eigenvalue weighted by atomic mass is 9.89. The van der Waals surface area contributed by atoms with Crippen LogP contribution in [0.15, 0.2) is 23.1 Å². The van der Waals surface area contributed by atoms with Gasteiger partial charge in [-0.1, -0.05) is 26.8 Å². The summed E-state index contributed by atoms with van der Waals surface area (Å²) in [6, 6.07) is 4.93. The Bertz CT molecular complexity index is 577. The number of benzene rings is 1. The summed E-state index contributed by atoms with van der Waals surface area (Å²) in [5.41, 5.74) is 0.809. The smallest absolute Gasteiger partial charge is 0.244 e. The van der Waals surface area contributed by atoms with Crippen molar-refractivity contribution in [2.24, 2.45) is 5.41 Å². The van der Waals surface area contributed by atoms with E-state index in [4.69, 9.17) is 4.74 Å². The highest BCUT2D eigenvalue weighted by Crippen LogP contribution is 2.27. The monoisotopic (exact) mass is 314 g/mol. The second-order valence-corrected chi connectivity index (χ2v) is 7.91. The maximum atomic E-state index is 12.5. The van der Waals surface area contributed by atoms with E-state index in [1.807, 2.05) is 34.7 Å². The molecule has 0 aliphatic heterocycles. The van der Waals surface area contributed by atoms with E-state index in [2.05, 4.69) is 10.0 Å². The van der Waals surface area contributed by atoms with Crippen molar-refractivity contribution in [2.45, 2.75) is 45.2 Å². The zero-order chi connectivity index (χ0) is 16.3. The fourth-order valence-electron chi connectivity index (χ4n) is 1.72. The number of hydrogen-bond acceptors (Lipinski definition) is 4. The van der Waals surface area contributed by atoms with Gasteiger partial charge in [0.1, 0.15) is 10.6 Å². The molecule has 0 saturated heterocycles. The Hall–Kier alpha value is -1.11. The van der Waals surface area contributed by atoms with Crippen LogP contribution in [0.2, 0.25) is 0 Å². The molecule has 0 spiro atoms. The molecule has 1 rings (SSSR count). The van der Waals surface area contributed by atoms with E-state index in [-0.39, 0.29) is 16.4 Å². The Morgan fingerprint density at radius 1 is 1.29 bits per heavy atom. The molecule has 0 bridgehead atoms. The normalized spacial score (nSPS) is 14.0. The molecule has 1 aromatic rings. The van der Waals surface area contributed by atoms with Crippen LogP contribution in [0.4, 0.5) is 0 Å². The molecule has 0 radical (unpaired) electrons. The van der Waals surface area contributed by atoms with Crippen LogP contribution >= 0.6 is 0 Å². The molecule has 0 saturated carbocycles. The molecular weight excluding hydrogens is 288 g/mol. The van der Waals surface area contributed by atoms with Gasteiger partial charge >= 0.3 is 0 Å². The van der Waals surface area contributed by atoms with Crippen molar-refractivity contribution in [3.05, 3.63) is 23.8 Å². The lowest BCUT2D eigenvalue weighted by Crippen LogP contribution is -2.41. The highest BCUT2D eigenvalue weighted by atomic mass is 32.2. The highest BCUT2D eigenvalue weighted by molar-refractivity contribution is 7.89. The third-order valence-corrected chi connectivity index (χ3v) is 5.11. The SMILES string of the molecule is CNCc1ccc(S(=O)(=O)NC(C)C(C)(C)C)c(OC)c1. The van der Waals surface area contributed by atoms with Crippen LogP contribution < -0.4 is 14.8 Å². The minimum absolute atomic E-state index is 0.160. The molecule has 0 amide bonds. The summed E-state index contributed by atoms with van der Waals surface area (Å²) in [5.74, 6) is 0.358. The van der Waals surface area contributed by atoms with E-state index >= 15 is 0 Å². The van der Waals surface area contributed by atoms with Gasteiger partial charge in [-0.15, -0.1) is 0 Å². The maximum Gasteiger partial charge on any atom is 0.244 e. The van der Waals surface area contributed by atoms with Gasteiger partial charge in [0, 0.05) is 12.6 Å². The number of methoxy groups -OCH3 is 1. The summed E-state index contributed by atoms with van der Waals surface area (Å²) in [7, 11) is -0.299. The minimum atomic E-state index is -3.61. The summed E-state index contributed by atoms with van der Waals surface area (Å²) in [6.07, 6.45) is 0. The molecule has 2 N–H and O–H groups in total. The summed E-state index contributed by atoms with van der Waals surface area (Å²) < 4.78 is 33.0. The molecule has 5 nitrogen and oxygen atoms in total. The number of rotatable bonds is 6. The van der Waals surface area contributed by atoms with E-state index in [0.717, 1.165) is 5.56 Å². The van der Waals surface area contributed by atoms with Gasteiger partial charge in [-0.05, 0) is 37.1 Å². The Morgan fingerprint density at radius 3 is 2.38 bits per heavy atom. The molecule has 1 unspecified atom stereocenters. The van der Waals surface area contributed by atoms with E-state index in [1.54, 1.807) is 18.2 Å². The molecule has 1 atom stereocenters. The lowest BCUT2D eigenvalue weighted by Gasteiger charge is -2.28. The van der Waals surface area contributed by atoms with Crippen LogP contribution in [0.25, 0.3) is 0 Å². The molecule has 1 aromatic carbocycles. The van der Waals surface area contributed by atoms with Crippen molar-refractivity contribution in [3.63, 3.8) is 0 Å². The Balaban J connectivity index is 3.13. The van der Waals surface area contributed by atoms with Gasteiger partial charge in [-0.3, -0.25) is 0 Å². The first-order valence-corrected chi connectivity index (χ1v) is 8.44. The van der Waals surface area contributed by atoms with Gasteiger partial charge in [0.15, 0.2) is 0 Å². The second kappa shape index (κ2) is 6.77. The highest BCUT2D eigenvalue weighted by Gasteiger charge is 2.27. The van der Waals surface area contributed by atoms with Crippen LogP contribution in [0.5, 0.6) is 5.75 Å². The first kappa shape index (κ1) is 17.9. The molecule has 0 aromatic heterocycles.